The van der Waals surface area contributed by atoms with Gasteiger partial charge in [-0.3, -0.25) is 0 Å². The van der Waals surface area contributed by atoms with Gasteiger partial charge in [0.15, 0.2) is 11.6 Å². The molecule has 4 unspecified atom stereocenters. The van der Waals surface area contributed by atoms with Crippen LogP contribution in [0, 0.1) is 17.6 Å². The summed E-state index contributed by atoms with van der Waals surface area (Å²) in [6, 6.07) is 11.2. The Labute approximate surface area is 191 Å². The Morgan fingerprint density at radius 2 is 1.62 bits per heavy atom. The molecule has 4 heteroatoms. The number of hydrogen-bond donors (Lipinski definition) is 0. The van der Waals surface area contributed by atoms with Crippen molar-refractivity contribution in [3.8, 4) is 11.1 Å². The fourth-order valence-corrected chi connectivity index (χ4v) is 5.30. The van der Waals surface area contributed by atoms with Crippen LogP contribution in [0.15, 0.2) is 36.4 Å². The van der Waals surface area contributed by atoms with Crippen molar-refractivity contribution in [2.45, 2.75) is 83.3 Å². The zero-order valence-electron chi connectivity index (χ0n) is 19.4. The molecule has 0 N–H and O–H groups in total. The van der Waals surface area contributed by atoms with Crippen molar-refractivity contribution in [3.63, 3.8) is 0 Å². The molecule has 4 atom stereocenters. The summed E-state index contributed by atoms with van der Waals surface area (Å²) >= 11 is 0. The molecule has 2 aromatic carbocycles. The molecule has 4 rings (SSSR count). The zero-order valence-corrected chi connectivity index (χ0v) is 19.4. The Morgan fingerprint density at radius 1 is 0.812 bits per heavy atom. The van der Waals surface area contributed by atoms with Crippen LogP contribution in [0.25, 0.3) is 11.1 Å². The van der Waals surface area contributed by atoms with Crippen LogP contribution in [0.5, 0.6) is 0 Å². The van der Waals surface area contributed by atoms with Gasteiger partial charge in [-0.25, -0.2) is 8.78 Å². The van der Waals surface area contributed by atoms with Gasteiger partial charge in [-0.2, -0.15) is 0 Å². The molecule has 2 nitrogen and oxygen atoms in total. The Kier molecular flexibility index (Phi) is 7.96. The number of ether oxygens (including phenoxy) is 2. The van der Waals surface area contributed by atoms with E-state index < -0.39 is 11.6 Å². The van der Waals surface area contributed by atoms with Gasteiger partial charge in [0.25, 0.3) is 0 Å². The van der Waals surface area contributed by atoms with E-state index in [2.05, 4.69) is 13.8 Å². The molecule has 0 amide bonds. The first-order valence-corrected chi connectivity index (χ1v) is 12.4. The molecule has 2 saturated heterocycles. The molecule has 32 heavy (non-hydrogen) atoms. The Bertz CT molecular complexity index is 864. The molecule has 2 fully saturated rings. The van der Waals surface area contributed by atoms with Crippen molar-refractivity contribution in [3.05, 3.63) is 59.2 Å². The fourth-order valence-electron chi connectivity index (χ4n) is 5.30. The maximum atomic E-state index is 15.0. The largest absolute Gasteiger partial charge is 0.378 e. The zero-order chi connectivity index (χ0) is 22.5. The topological polar surface area (TPSA) is 18.5 Å². The van der Waals surface area contributed by atoms with Gasteiger partial charge < -0.3 is 9.47 Å². The number of benzene rings is 2. The molecule has 0 aromatic heterocycles. The van der Waals surface area contributed by atoms with E-state index in [0.29, 0.717) is 35.3 Å². The smallest absolute Gasteiger partial charge is 0.166 e. The summed E-state index contributed by atoms with van der Waals surface area (Å²) in [4.78, 5) is 0. The molecular weight excluding hydrogens is 406 g/mol. The first kappa shape index (κ1) is 23.4. The fraction of sp³-hybridized carbons (Fsp3) is 0.571. The predicted octanol–water partition coefficient (Wildman–Crippen LogP) is 7.44. The van der Waals surface area contributed by atoms with E-state index >= 15 is 4.39 Å². The van der Waals surface area contributed by atoms with Crippen LogP contribution in [0.3, 0.4) is 0 Å². The average molecular weight is 443 g/mol. The first-order chi connectivity index (χ1) is 15.6. The summed E-state index contributed by atoms with van der Waals surface area (Å²) in [6.07, 6.45) is 8.83. The monoisotopic (exact) mass is 442 g/mol. The average Bonchev–Trinajstić information content (AvgIpc) is 2.83. The van der Waals surface area contributed by atoms with Crippen molar-refractivity contribution < 1.29 is 18.3 Å². The van der Waals surface area contributed by atoms with Crippen LogP contribution in [-0.4, -0.2) is 25.4 Å². The van der Waals surface area contributed by atoms with E-state index in [4.69, 9.17) is 9.47 Å². The SMILES string of the molecule is CCCc1ccc(-c2ccc(C3CCC(C4CCC(CCC)OC4)OC3)c(F)c2F)cc1. The molecule has 2 aliphatic heterocycles. The van der Waals surface area contributed by atoms with Gasteiger partial charge in [0, 0.05) is 17.4 Å². The minimum atomic E-state index is -0.754. The minimum absolute atomic E-state index is 0.0981. The van der Waals surface area contributed by atoms with Crippen LogP contribution in [0.4, 0.5) is 8.78 Å². The standard InChI is InChI=1S/C28H36F2O2/c1-3-5-19-7-9-20(10-8-19)24-14-15-25(28(30)27(24)29)21-12-16-26(32-17-21)22-11-13-23(6-4-2)31-18-22/h7-10,14-15,21-23,26H,3-6,11-13,16-18H2,1-2H3. The lowest BCUT2D eigenvalue weighted by atomic mass is 9.84. The normalized spacial score (nSPS) is 26.2. The molecule has 0 bridgehead atoms. The van der Waals surface area contributed by atoms with Crippen LogP contribution in [0.2, 0.25) is 0 Å². The maximum Gasteiger partial charge on any atom is 0.166 e. The molecular formula is C28H36F2O2. The lowest BCUT2D eigenvalue weighted by Crippen LogP contribution is -2.38. The number of hydrogen-bond acceptors (Lipinski definition) is 2. The summed E-state index contributed by atoms with van der Waals surface area (Å²) in [5.74, 6) is -1.16. The molecule has 0 spiro atoms. The highest BCUT2D eigenvalue weighted by Gasteiger charge is 2.33. The molecule has 0 saturated carbocycles. The van der Waals surface area contributed by atoms with E-state index in [9.17, 15) is 4.39 Å². The van der Waals surface area contributed by atoms with Crippen molar-refractivity contribution in [1.82, 2.24) is 0 Å². The van der Waals surface area contributed by atoms with Crippen molar-refractivity contribution in [1.29, 1.82) is 0 Å². The Hall–Kier alpha value is -1.78. The predicted molar refractivity (Wildman–Crippen MR) is 125 cm³/mol. The van der Waals surface area contributed by atoms with Crippen LogP contribution >= 0.6 is 0 Å². The van der Waals surface area contributed by atoms with Gasteiger partial charge in [-0.15, -0.1) is 0 Å². The van der Waals surface area contributed by atoms with E-state index in [0.717, 1.165) is 58.0 Å². The van der Waals surface area contributed by atoms with Crippen molar-refractivity contribution >= 4 is 0 Å². The highest BCUT2D eigenvalue weighted by Crippen LogP contribution is 2.37. The van der Waals surface area contributed by atoms with E-state index in [1.807, 2.05) is 24.3 Å². The highest BCUT2D eigenvalue weighted by molar-refractivity contribution is 5.65. The Morgan fingerprint density at radius 3 is 2.25 bits per heavy atom. The molecule has 0 radical (unpaired) electrons. The van der Waals surface area contributed by atoms with Crippen LogP contribution in [-0.2, 0) is 15.9 Å². The van der Waals surface area contributed by atoms with Crippen molar-refractivity contribution in [2.24, 2.45) is 5.92 Å². The maximum absolute atomic E-state index is 15.0. The number of halogens is 2. The van der Waals surface area contributed by atoms with Gasteiger partial charge in [-0.1, -0.05) is 63.1 Å². The van der Waals surface area contributed by atoms with Gasteiger partial charge >= 0.3 is 0 Å². The third kappa shape index (κ3) is 5.23. The summed E-state index contributed by atoms with van der Waals surface area (Å²) in [6.45, 7) is 5.53. The van der Waals surface area contributed by atoms with Crippen molar-refractivity contribution in [2.75, 3.05) is 13.2 Å². The van der Waals surface area contributed by atoms with Gasteiger partial charge in [-0.05, 0) is 55.2 Å². The second-order valence-corrected chi connectivity index (χ2v) is 9.50. The second-order valence-electron chi connectivity index (χ2n) is 9.50. The summed E-state index contributed by atoms with van der Waals surface area (Å²) in [7, 11) is 0. The summed E-state index contributed by atoms with van der Waals surface area (Å²) < 4.78 is 42.2. The number of aryl methyl sites for hydroxylation is 1. The van der Waals surface area contributed by atoms with Gasteiger partial charge in [0.2, 0.25) is 0 Å². The highest BCUT2D eigenvalue weighted by atomic mass is 19.2. The quantitative estimate of drug-likeness (QED) is 0.443. The summed E-state index contributed by atoms with van der Waals surface area (Å²) in [5, 5.41) is 0. The number of rotatable bonds is 7. The van der Waals surface area contributed by atoms with E-state index in [-0.39, 0.29) is 12.0 Å². The lowest BCUT2D eigenvalue weighted by Gasteiger charge is -2.38. The van der Waals surface area contributed by atoms with E-state index in [1.165, 1.54) is 5.56 Å². The minimum Gasteiger partial charge on any atom is -0.378 e. The summed E-state index contributed by atoms with van der Waals surface area (Å²) in [5.41, 5.74) is 2.69. The molecule has 0 aliphatic carbocycles. The van der Waals surface area contributed by atoms with Gasteiger partial charge in [0.1, 0.15) is 0 Å². The molecule has 174 valence electrons. The lowest BCUT2D eigenvalue weighted by molar-refractivity contribution is -0.0966. The second kappa shape index (κ2) is 10.9. The third-order valence-corrected chi connectivity index (χ3v) is 7.21. The molecule has 2 aromatic rings. The first-order valence-electron chi connectivity index (χ1n) is 12.4. The van der Waals surface area contributed by atoms with Crippen LogP contribution in [0.1, 0.15) is 75.8 Å². The third-order valence-electron chi connectivity index (χ3n) is 7.21. The molecule has 2 heterocycles. The van der Waals surface area contributed by atoms with Crippen LogP contribution < -0.4 is 0 Å². The molecule has 2 aliphatic rings. The van der Waals surface area contributed by atoms with Gasteiger partial charge in [0.05, 0.1) is 25.4 Å². The van der Waals surface area contributed by atoms with E-state index in [1.54, 1.807) is 12.1 Å². The Balaban J connectivity index is 1.38.